The van der Waals surface area contributed by atoms with E-state index in [1.165, 1.54) is 24.2 Å². The van der Waals surface area contributed by atoms with Crippen molar-refractivity contribution in [1.29, 1.82) is 0 Å². The van der Waals surface area contributed by atoms with E-state index >= 15 is 0 Å². The standard InChI is InChI=1S/C25H28N4O4/c1-15(30)14-33-24(32)29-22-7-5-6-20(19(22)13-26-29)27-23(31)28-21-11-8-16-12-17(25(2,3)4)9-10-18(16)21/h5-7,9-10,12-13,21H,8,11,14H2,1-4H3,(H2,27,28,31)/t21-/m1/s1. The molecule has 0 aliphatic heterocycles. The number of aryl methyl sites for hydroxylation is 1. The van der Waals surface area contributed by atoms with Crippen molar-refractivity contribution in [2.75, 3.05) is 11.9 Å². The number of rotatable bonds is 4. The van der Waals surface area contributed by atoms with Gasteiger partial charge in [-0.25, -0.2) is 9.59 Å². The minimum Gasteiger partial charge on any atom is -0.440 e. The molecule has 172 valence electrons. The van der Waals surface area contributed by atoms with Crippen LogP contribution < -0.4 is 10.6 Å². The summed E-state index contributed by atoms with van der Waals surface area (Å²) in [5.41, 5.74) is 4.80. The lowest BCUT2D eigenvalue weighted by Crippen LogP contribution is -2.31. The quantitative estimate of drug-likeness (QED) is 0.601. The van der Waals surface area contributed by atoms with Crippen LogP contribution >= 0.6 is 0 Å². The number of amides is 2. The molecule has 2 N–H and O–H groups in total. The number of hydrogen-bond donors (Lipinski definition) is 2. The van der Waals surface area contributed by atoms with Crippen molar-refractivity contribution in [2.24, 2.45) is 0 Å². The second kappa shape index (κ2) is 8.69. The van der Waals surface area contributed by atoms with E-state index in [1.807, 2.05) is 0 Å². The molecule has 1 aliphatic rings. The molecule has 0 bridgehead atoms. The summed E-state index contributed by atoms with van der Waals surface area (Å²) < 4.78 is 6.01. The van der Waals surface area contributed by atoms with Crippen LogP contribution in [0.5, 0.6) is 0 Å². The first-order chi connectivity index (χ1) is 15.6. The Labute approximate surface area is 192 Å². The van der Waals surface area contributed by atoms with Crippen molar-refractivity contribution in [1.82, 2.24) is 15.1 Å². The number of ether oxygens (including phenoxy) is 1. The molecule has 0 radical (unpaired) electrons. The summed E-state index contributed by atoms with van der Waals surface area (Å²) in [6.07, 6.45) is 2.51. The SMILES string of the molecule is CC(=O)COC(=O)n1ncc2c(NC(=O)N[C@@H]3CCc4cc(C(C)(C)C)ccc43)cccc21. The molecule has 1 aliphatic carbocycles. The maximum absolute atomic E-state index is 12.8. The molecule has 0 spiro atoms. The Morgan fingerprint density at radius 2 is 1.97 bits per heavy atom. The van der Waals surface area contributed by atoms with E-state index in [0.717, 1.165) is 23.1 Å². The number of urea groups is 1. The Morgan fingerprint density at radius 3 is 2.70 bits per heavy atom. The number of benzene rings is 2. The van der Waals surface area contributed by atoms with E-state index in [0.29, 0.717) is 16.6 Å². The largest absolute Gasteiger partial charge is 0.440 e. The van der Waals surface area contributed by atoms with Gasteiger partial charge in [-0.15, -0.1) is 0 Å². The van der Waals surface area contributed by atoms with Gasteiger partial charge in [0.15, 0.2) is 12.4 Å². The van der Waals surface area contributed by atoms with Gasteiger partial charge in [-0.1, -0.05) is 45.0 Å². The van der Waals surface area contributed by atoms with Crippen molar-refractivity contribution < 1.29 is 19.1 Å². The summed E-state index contributed by atoms with van der Waals surface area (Å²) in [5.74, 6) is -0.262. The Bertz CT molecular complexity index is 1240. The highest BCUT2D eigenvalue weighted by Gasteiger charge is 2.26. The molecular weight excluding hydrogens is 420 g/mol. The molecule has 0 saturated heterocycles. The van der Waals surface area contributed by atoms with Crippen molar-refractivity contribution in [3.63, 3.8) is 0 Å². The lowest BCUT2D eigenvalue weighted by atomic mass is 9.85. The maximum atomic E-state index is 12.8. The van der Waals surface area contributed by atoms with Crippen LogP contribution in [0.4, 0.5) is 15.3 Å². The summed E-state index contributed by atoms with van der Waals surface area (Å²) in [4.78, 5) is 36.1. The number of Topliss-reactive ketones (excluding diaryl/α,β-unsaturated/α-hetero) is 1. The normalized spacial score (nSPS) is 15.2. The molecule has 1 aromatic heterocycles. The van der Waals surface area contributed by atoms with Crippen LogP contribution in [-0.2, 0) is 21.4 Å². The summed E-state index contributed by atoms with van der Waals surface area (Å²) in [6.45, 7) is 7.60. The van der Waals surface area contributed by atoms with Crippen LogP contribution in [0.1, 0.15) is 56.8 Å². The van der Waals surface area contributed by atoms with Crippen molar-refractivity contribution in [2.45, 2.75) is 52.0 Å². The van der Waals surface area contributed by atoms with Crippen molar-refractivity contribution in [3.05, 3.63) is 59.3 Å². The molecule has 33 heavy (non-hydrogen) atoms. The molecule has 2 amide bonds. The number of aromatic nitrogens is 2. The highest BCUT2D eigenvalue weighted by atomic mass is 16.6. The second-order valence-corrected chi connectivity index (χ2v) is 9.40. The van der Waals surface area contributed by atoms with Gasteiger partial charge >= 0.3 is 12.1 Å². The topological polar surface area (TPSA) is 102 Å². The first-order valence-corrected chi connectivity index (χ1v) is 11.0. The fourth-order valence-electron chi connectivity index (χ4n) is 4.08. The zero-order valence-electron chi connectivity index (χ0n) is 19.3. The lowest BCUT2D eigenvalue weighted by molar-refractivity contribution is -0.119. The van der Waals surface area contributed by atoms with E-state index in [9.17, 15) is 14.4 Å². The van der Waals surface area contributed by atoms with Gasteiger partial charge in [0.1, 0.15) is 0 Å². The number of anilines is 1. The highest BCUT2D eigenvalue weighted by Crippen LogP contribution is 2.34. The zero-order valence-corrected chi connectivity index (χ0v) is 19.3. The molecule has 8 heteroatoms. The van der Waals surface area contributed by atoms with Gasteiger partial charge in [-0.2, -0.15) is 9.78 Å². The van der Waals surface area contributed by atoms with Crippen LogP contribution in [0.25, 0.3) is 10.9 Å². The van der Waals surface area contributed by atoms with Gasteiger partial charge in [0, 0.05) is 5.39 Å². The average Bonchev–Trinajstić information content (AvgIpc) is 3.36. The summed E-state index contributed by atoms with van der Waals surface area (Å²) in [5, 5.41) is 10.6. The smallest absolute Gasteiger partial charge is 0.435 e. The Balaban J connectivity index is 1.47. The first kappa shape index (κ1) is 22.5. The molecule has 0 saturated carbocycles. The van der Waals surface area contributed by atoms with Crippen LogP contribution in [-0.4, -0.2) is 34.3 Å². The third-order valence-electron chi connectivity index (χ3n) is 5.83. The predicted octanol–water partition coefficient (Wildman–Crippen LogP) is 4.72. The molecule has 3 aromatic rings. The number of carbonyl (C=O) groups is 3. The summed E-state index contributed by atoms with van der Waals surface area (Å²) >= 11 is 0. The molecule has 1 atom stereocenters. The number of nitrogens with zero attached hydrogens (tertiary/aromatic N) is 2. The minimum absolute atomic E-state index is 0.0579. The van der Waals surface area contributed by atoms with E-state index in [-0.39, 0.29) is 29.9 Å². The van der Waals surface area contributed by atoms with E-state index in [2.05, 4.69) is 54.7 Å². The van der Waals surface area contributed by atoms with Crippen LogP contribution in [0, 0.1) is 0 Å². The minimum atomic E-state index is -0.751. The highest BCUT2D eigenvalue weighted by molar-refractivity contribution is 6.02. The Hall–Kier alpha value is -3.68. The fraction of sp³-hybridized carbons (Fsp3) is 0.360. The Morgan fingerprint density at radius 1 is 1.18 bits per heavy atom. The van der Waals surface area contributed by atoms with Crippen LogP contribution in [0.2, 0.25) is 0 Å². The van der Waals surface area contributed by atoms with E-state index < -0.39 is 6.09 Å². The fourth-order valence-corrected chi connectivity index (χ4v) is 4.08. The van der Waals surface area contributed by atoms with E-state index in [1.54, 1.807) is 18.2 Å². The maximum Gasteiger partial charge on any atom is 0.435 e. The van der Waals surface area contributed by atoms with Crippen LogP contribution in [0.3, 0.4) is 0 Å². The molecule has 1 heterocycles. The lowest BCUT2D eigenvalue weighted by Gasteiger charge is -2.21. The molecule has 4 rings (SSSR count). The molecular formula is C25H28N4O4. The van der Waals surface area contributed by atoms with Gasteiger partial charge in [0.25, 0.3) is 0 Å². The number of fused-ring (bicyclic) bond motifs is 2. The van der Waals surface area contributed by atoms with Gasteiger partial charge in [0.2, 0.25) is 0 Å². The number of nitrogens with one attached hydrogen (secondary N) is 2. The number of ketones is 1. The first-order valence-electron chi connectivity index (χ1n) is 11.0. The third kappa shape index (κ3) is 4.74. The van der Waals surface area contributed by atoms with Crippen LogP contribution in [0.15, 0.2) is 42.6 Å². The molecule has 0 fully saturated rings. The van der Waals surface area contributed by atoms with Gasteiger partial charge in [-0.3, -0.25) is 4.79 Å². The van der Waals surface area contributed by atoms with Gasteiger partial charge in [0.05, 0.1) is 23.4 Å². The second-order valence-electron chi connectivity index (χ2n) is 9.40. The van der Waals surface area contributed by atoms with Crippen molar-refractivity contribution in [3.8, 4) is 0 Å². The molecule has 8 nitrogen and oxygen atoms in total. The summed E-state index contributed by atoms with van der Waals surface area (Å²) in [7, 11) is 0. The van der Waals surface area contributed by atoms with Gasteiger partial charge < -0.3 is 15.4 Å². The van der Waals surface area contributed by atoms with Crippen molar-refractivity contribution >= 4 is 34.5 Å². The Kier molecular flexibility index (Phi) is 5.93. The third-order valence-corrected chi connectivity index (χ3v) is 5.83. The summed E-state index contributed by atoms with van der Waals surface area (Å²) in [6, 6.07) is 11.3. The monoisotopic (exact) mass is 448 g/mol. The van der Waals surface area contributed by atoms with E-state index in [4.69, 9.17) is 4.74 Å². The number of carbonyl (C=O) groups excluding carboxylic acids is 3. The molecule has 0 unspecified atom stereocenters. The molecule has 2 aromatic carbocycles. The van der Waals surface area contributed by atoms with Gasteiger partial charge in [-0.05, 0) is 54.0 Å². The number of hydrogen-bond acceptors (Lipinski definition) is 5. The zero-order chi connectivity index (χ0) is 23.8. The predicted molar refractivity (Wildman–Crippen MR) is 126 cm³/mol. The average molecular weight is 449 g/mol.